The van der Waals surface area contributed by atoms with Crippen molar-refractivity contribution in [3.05, 3.63) is 77.4 Å². The van der Waals surface area contributed by atoms with E-state index in [0.29, 0.717) is 12.2 Å². The first-order valence-corrected chi connectivity index (χ1v) is 15.0. The van der Waals surface area contributed by atoms with Crippen LogP contribution in [0.4, 0.5) is 5.69 Å². The van der Waals surface area contributed by atoms with Gasteiger partial charge in [0.05, 0.1) is 17.7 Å². The van der Waals surface area contributed by atoms with Crippen LogP contribution in [-0.4, -0.2) is 53.7 Å². The third-order valence-electron chi connectivity index (χ3n) is 8.64. The number of quaternary nitrogens is 1. The van der Waals surface area contributed by atoms with E-state index in [1.807, 2.05) is 52.0 Å². The predicted molar refractivity (Wildman–Crippen MR) is 163 cm³/mol. The van der Waals surface area contributed by atoms with Crippen LogP contribution in [0, 0.1) is 18.3 Å². The standard InChI is InChI=1S/C33H38N2O4S/c1-21-13-14-28-26(17-21)30(25-12-8-10-23-9-6-7-11-24(23)25)40-19-29(37)35(28,20-32(3,4)5)33(31(38)39)15-16-34-18-27(33)22(2)36/h6-14,17,27,30,34H,15-16,18-20H2,1-5H3/p+1/t27-,30?,33+,35+/m1/s1. The van der Waals surface area contributed by atoms with Gasteiger partial charge in [-0.25, -0.2) is 14.1 Å². The van der Waals surface area contributed by atoms with Gasteiger partial charge in [0, 0.05) is 36.6 Å². The molecular weight excluding hydrogens is 520 g/mol. The van der Waals surface area contributed by atoms with E-state index in [1.165, 1.54) is 6.92 Å². The number of thioether (sulfide) groups is 1. The van der Waals surface area contributed by atoms with Crippen molar-refractivity contribution in [3.63, 3.8) is 0 Å². The van der Waals surface area contributed by atoms with E-state index in [1.54, 1.807) is 11.8 Å². The molecular formula is C33H39N2O4S+. The molecule has 40 heavy (non-hydrogen) atoms. The second-order valence-corrected chi connectivity index (χ2v) is 13.7. The average Bonchev–Trinajstić information content (AvgIpc) is 3.02. The molecule has 1 unspecified atom stereocenters. The number of Topliss-reactive ketones (excluding diaryl/α,β-unsaturated/α-hetero) is 1. The molecule has 0 spiro atoms. The molecule has 0 aromatic heterocycles. The number of aliphatic carboxylic acids is 1. The number of nitrogens with one attached hydrogen (secondary N) is 1. The van der Waals surface area contributed by atoms with Gasteiger partial charge in [-0.1, -0.05) is 74.9 Å². The first kappa shape index (κ1) is 28.5. The Bertz CT molecular complexity index is 1490. The molecule has 1 amide bonds. The Balaban J connectivity index is 1.89. The molecule has 4 atom stereocenters. The van der Waals surface area contributed by atoms with Crippen LogP contribution in [0.1, 0.15) is 56.1 Å². The van der Waals surface area contributed by atoms with Crippen LogP contribution < -0.4 is 9.80 Å². The number of benzene rings is 3. The van der Waals surface area contributed by atoms with E-state index < -0.39 is 22.8 Å². The van der Waals surface area contributed by atoms with Crippen molar-refractivity contribution in [1.82, 2.24) is 9.80 Å². The maximum Gasteiger partial charge on any atom is 0.367 e. The van der Waals surface area contributed by atoms with Crippen molar-refractivity contribution >= 4 is 45.9 Å². The van der Waals surface area contributed by atoms with Gasteiger partial charge in [-0.15, -0.1) is 11.8 Å². The van der Waals surface area contributed by atoms with Crippen molar-refractivity contribution < 1.29 is 19.5 Å². The summed E-state index contributed by atoms with van der Waals surface area (Å²) in [5.74, 6) is -2.14. The lowest BCUT2D eigenvalue weighted by Crippen LogP contribution is -2.80. The molecule has 0 saturated carbocycles. The molecule has 3 aromatic rings. The van der Waals surface area contributed by atoms with E-state index in [0.717, 1.165) is 27.5 Å². The summed E-state index contributed by atoms with van der Waals surface area (Å²) in [6.45, 7) is 10.6. The number of ketones is 1. The van der Waals surface area contributed by atoms with E-state index in [2.05, 4.69) is 41.7 Å². The van der Waals surface area contributed by atoms with E-state index in [-0.39, 0.29) is 46.7 Å². The minimum absolute atomic E-state index is 0.144. The second-order valence-electron chi connectivity index (χ2n) is 12.6. The molecule has 0 aliphatic carbocycles. The van der Waals surface area contributed by atoms with Crippen molar-refractivity contribution in [2.75, 3.05) is 25.4 Å². The largest absolute Gasteiger partial charge is 0.477 e. The maximum atomic E-state index is 14.8. The summed E-state index contributed by atoms with van der Waals surface area (Å²) in [5, 5.41) is 16.5. The summed E-state index contributed by atoms with van der Waals surface area (Å²) in [7, 11) is 0. The van der Waals surface area contributed by atoms with Crippen LogP contribution in [0.15, 0.2) is 60.7 Å². The lowest BCUT2D eigenvalue weighted by Gasteiger charge is -2.54. The Kier molecular flexibility index (Phi) is 7.44. The van der Waals surface area contributed by atoms with Crippen LogP contribution in [0.5, 0.6) is 0 Å². The first-order valence-electron chi connectivity index (χ1n) is 14.0. The quantitative estimate of drug-likeness (QED) is 0.380. The SMILES string of the molecule is CC(=O)[C@H]1CNCC[C@]1(C(=O)O)[N@+]1(CC(C)(C)C)C(=O)CSC(c2cccc3ccccc23)c2cc(C)ccc21. The number of rotatable bonds is 5. The highest BCUT2D eigenvalue weighted by Crippen LogP contribution is 2.54. The Labute approximate surface area is 240 Å². The molecule has 0 radical (unpaired) electrons. The number of carboxylic acid groups (broad SMARTS) is 1. The fourth-order valence-electron chi connectivity index (χ4n) is 7.14. The highest BCUT2D eigenvalue weighted by molar-refractivity contribution is 8.00. The molecule has 2 aliphatic rings. The number of hydrogen-bond donors (Lipinski definition) is 2. The third kappa shape index (κ3) is 4.48. The Morgan fingerprint density at radius 3 is 2.50 bits per heavy atom. The molecule has 2 aliphatic heterocycles. The molecule has 2 heterocycles. The van der Waals surface area contributed by atoms with Gasteiger partial charge in [0.2, 0.25) is 5.54 Å². The second kappa shape index (κ2) is 10.4. The third-order valence-corrected chi connectivity index (χ3v) is 9.90. The number of nitrogens with zero attached hydrogens (tertiary/aromatic N) is 1. The van der Waals surface area contributed by atoms with Gasteiger partial charge < -0.3 is 10.4 Å². The Morgan fingerprint density at radius 1 is 1.07 bits per heavy atom. The summed E-state index contributed by atoms with van der Waals surface area (Å²) < 4.78 is -0.359. The monoisotopic (exact) mass is 559 g/mol. The Morgan fingerprint density at radius 2 is 1.80 bits per heavy atom. The summed E-state index contributed by atoms with van der Waals surface area (Å²) in [6.07, 6.45) is 0.186. The molecule has 5 rings (SSSR count). The number of amides is 1. The topological polar surface area (TPSA) is 83.5 Å². The zero-order valence-electron chi connectivity index (χ0n) is 24.0. The van der Waals surface area contributed by atoms with E-state index in [4.69, 9.17) is 0 Å². The van der Waals surface area contributed by atoms with Crippen LogP contribution in [0.2, 0.25) is 0 Å². The number of carbonyl (C=O) groups is 3. The minimum atomic E-state index is -1.63. The molecule has 7 heteroatoms. The predicted octanol–water partition coefficient (Wildman–Crippen LogP) is 5.89. The molecule has 210 valence electrons. The fraction of sp³-hybridized carbons (Fsp3) is 0.424. The number of carbonyl (C=O) groups excluding carboxylic acids is 2. The number of piperidine rings is 1. The molecule has 1 fully saturated rings. The van der Waals surface area contributed by atoms with Crippen LogP contribution >= 0.6 is 11.8 Å². The van der Waals surface area contributed by atoms with Crippen LogP contribution in [0.25, 0.3) is 10.8 Å². The van der Waals surface area contributed by atoms with Gasteiger partial charge >= 0.3 is 11.9 Å². The van der Waals surface area contributed by atoms with Crippen molar-refractivity contribution in [2.45, 2.75) is 51.8 Å². The lowest BCUT2D eigenvalue weighted by molar-refractivity contribution is -0.167. The highest BCUT2D eigenvalue weighted by atomic mass is 32.2. The van der Waals surface area contributed by atoms with Gasteiger partial charge in [-0.05, 0) is 36.2 Å². The zero-order chi connectivity index (χ0) is 28.9. The summed E-state index contributed by atoms with van der Waals surface area (Å²) in [5.41, 5.74) is 1.79. The molecule has 6 nitrogen and oxygen atoms in total. The molecule has 2 N–H and O–H groups in total. The normalized spacial score (nSPS) is 27.2. The van der Waals surface area contributed by atoms with Gasteiger partial charge in [0.1, 0.15) is 17.2 Å². The molecule has 0 bridgehead atoms. The summed E-state index contributed by atoms with van der Waals surface area (Å²) >= 11 is 1.57. The minimum Gasteiger partial charge on any atom is -0.477 e. The Hall–Kier alpha value is -3.00. The highest BCUT2D eigenvalue weighted by Gasteiger charge is 2.69. The molecule has 1 saturated heterocycles. The smallest absolute Gasteiger partial charge is 0.367 e. The van der Waals surface area contributed by atoms with Gasteiger partial charge in [0.25, 0.3) is 0 Å². The number of aryl methyl sites for hydroxylation is 1. The van der Waals surface area contributed by atoms with Crippen LogP contribution in [-0.2, 0) is 14.4 Å². The zero-order valence-corrected chi connectivity index (χ0v) is 24.8. The number of fused-ring (bicyclic) bond motifs is 2. The molecule has 3 aromatic carbocycles. The fourth-order valence-corrected chi connectivity index (χ4v) is 8.43. The maximum absolute atomic E-state index is 14.8. The number of hydrogen-bond acceptors (Lipinski definition) is 5. The number of carboxylic acids is 1. The van der Waals surface area contributed by atoms with Crippen molar-refractivity contribution in [1.29, 1.82) is 0 Å². The summed E-state index contributed by atoms with van der Waals surface area (Å²) in [6, 6.07) is 20.6. The first-order chi connectivity index (χ1) is 18.9. The van der Waals surface area contributed by atoms with E-state index >= 15 is 0 Å². The van der Waals surface area contributed by atoms with Crippen molar-refractivity contribution in [3.8, 4) is 0 Å². The van der Waals surface area contributed by atoms with Gasteiger partial charge in [0.15, 0.2) is 0 Å². The average molecular weight is 560 g/mol. The van der Waals surface area contributed by atoms with E-state index in [9.17, 15) is 19.5 Å². The van der Waals surface area contributed by atoms with Crippen molar-refractivity contribution in [2.24, 2.45) is 11.3 Å². The lowest BCUT2D eigenvalue weighted by atomic mass is 9.70. The van der Waals surface area contributed by atoms with Crippen LogP contribution in [0.3, 0.4) is 0 Å². The summed E-state index contributed by atoms with van der Waals surface area (Å²) in [4.78, 5) is 41.8. The van der Waals surface area contributed by atoms with Gasteiger partial charge in [-0.3, -0.25) is 4.79 Å². The van der Waals surface area contributed by atoms with Gasteiger partial charge in [-0.2, -0.15) is 0 Å².